The zero-order valence-corrected chi connectivity index (χ0v) is 7.61. The van der Waals surface area contributed by atoms with Crippen molar-refractivity contribution in [3.63, 3.8) is 0 Å². The van der Waals surface area contributed by atoms with Crippen LogP contribution >= 0.6 is 0 Å². The standard InChI is InChI=1S/C11H15NO/c12-11(10-5-6-10)9-3-1-8(7-13)2-4-9/h1-4,10-11,13H,5-7,12H2. The summed E-state index contributed by atoms with van der Waals surface area (Å²) in [5, 5.41) is 8.86. The van der Waals surface area contributed by atoms with Crippen LogP contribution in [0.5, 0.6) is 0 Å². The maximum Gasteiger partial charge on any atom is 0.0681 e. The van der Waals surface area contributed by atoms with Crippen LogP contribution in [0.3, 0.4) is 0 Å². The van der Waals surface area contributed by atoms with Crippen molar-refractivity contribution in [1.82, 2.24) is 0 Å². The molecule has 1 unspecified atom stereocenters. The molecule has 0 spiro atoms. The molecule has 2 nitrogen and oxygen atoms in total. The lowest BCUT2D eigenvalue weighted by atomic mass is 10.0. The summed E-state index contributed by atoms with van der Waals surface area (Å²) < 4.78 is 0. The third-order valence-corrected chi connectivity index (χ3v) is 2.68. The van der Waals surface area contributed by atoms with Gasteiger partial charge in [0.1, 0.15) is 0 Å². The molecule has 0 amide bonds. The molecule has 1 aliphatic rings. The number of benzene rings is 1. The van der Waals surface area contributed by atoms with Crippen molar-refractivity contribution < 1.29 is 5.11 Å². The fraction of sp³-hybridized carbons (Fsp3) is 0.455. The summed E-state index contributed by atoms with van der Waals surface area (Å²) in [5.41, 5.74) is 8.17. The van der Waals surface area contributed by atoms with Gasteiger partial charge in [-0.2, -0.15) is 0 Å². The lowest BCUT2D eigenvalue weighted by Crippen LogP contribution is -2.12. The summed E-state index contributed by atoms with van der Waals surface area (Å²) in [5.74, 6) is 0.694. The van der Waals surface area contributed by atoms with E-state index in [1.54, 1.807) is 0 Å². The first-order valence-electron chi connectivity index (χ1n) is 4.76. The Bertz CT molecular complexity index is 277. The van der Waals surface area contributed by atoms with E-state index in [1.807, 2.05) is 24.3 Å². The van der Waals surface area contributed by atoms with Crippen LogP contribution in [-0.2, 0) is 6.61 Å². The molecule has 1 fully saturated rings. The smallest absolute Gasteiger partial charge is 0.0681 e. The second kappa shape index (κ2) is 3.48. The molecule has 70 valence electrons. The van der Waals surface area contributed by atoms with Gasteiger partial charge in [0, 0.05) is 6.04 Å². The van der Waals surface area contributed by atoms with Gasteiger partial charge in [-0.3, -0.25) is 0 Å². The normalized spacial score (nSPS) is 18.6. The van der Waals surface area contributed by atoms with Gasteiger partial charge in [-0.15, -0.1) is 0 Å². The Morgan fingerprint density at radius 3 is 2.38 bits per heavy atom. The van der Waals surface area contributed by atoms with E-state index in [4.69, 9.17) is 10.8 Å². The van der Waals surface area contributed by atoms with Crippen molar-refractivity contribution in [2.24, 2.45) is 11.7 Å². The van der Waals surface area contributed by atoms with Gasteiger partial charge in [-0.1, -0.05) is 24.3 Å². The second-order valence-corrected chi connectivity index (χ2v) is 3.76. The average Bonchev–Trinajstić information content (AvgIpc) is 3.00. The Balaban J connectivity index is 2.11. The number of aliphatic hydroxyl groups is 1. The van der Waals surface area contributed by atoms with Crippen LogP contribution in [0.15, 0.2) is 24.3 Å². The maximum atomic E-state index is 8.86. The van der Waals surface area contributed by atoms with Crippen LogP contribution in [0.1, 0.15) is 30.0 Å². The minimum absolute atomic E-state index is 0.110. The van der Waals surface area contributed by atoms with Crippen LogP contribution in [0.4, 0.5) is 0 Å². The first-order chi connectivity index (χ1) is 6.31. The highest BCUT2D eigenvalue weighted by Crippen LogP contribution is 2.39. The van der Waals surface area contributed by atoms with Crippen LogP contribution in [-0.4, -0.2) is 5.11 Å². The first kappa shape index (κ1) is 8.73. The Hall–Kier alpha value is -0.860. The van der Waals surface area contributed by atoms with Gasteiger partial charge in [0.25, 0.3) is 0 Å². The van der Waals surface area contributed by atoms with Crippen LogP contribution in [0.25, 0.3) is 0 Å². The van der Waals surface area contributed by atoms with Crippen molar-refractivity contribution in [2.75, 3.05) is 0 Å². The molecule has 0 radical (unpaired) electrons. The average molecular weight is 177 g/mol. The molecule has 2 rings (SSSR count). The quantitative estimate of drug-likeness (QED) is 0.736. The number of aliphatic hydroxyl groups excluding tert-OH is 1. The van der Waals surface area contributed by atoms with Gasteiger partial charge in [-0.05, 0) is 29.9 Å². The predicted molar refractivity (Wildman–Crippen MR) is 52.0 cm³/mol. The molecule has 13 heavy (non-hydrogen) atoms. The van der Waals surface area contributed by atoms with Crippen molar-refractivity contribution in [2.45, 2.75) is 25.5 Å². The SMILES string of the molecule is NC(c1ccc(CO)cc1)C1CC1. The maximum absolute atomic E-state index is 8.86. The van der Waals surface area contributed by atoms with Crippen molar-refractivity contribution in [3.05, 3.63) is 35.4 Å². The highest BCUT2D eigenvalue weighted by Gasteiger charge is 2.29. The van der Waals surface area contributed by atoms with E-state index in [-0.39, 0.29) is 12.6 Å². The van der Waals surface area contributed by atoms with Gasteiger partial charge < -0.3 is 10.8 Å². The largest absolute Gasteiger partial charge is 0.392 e. The molecule has 1 aliphatic carbocycles. The molecule has 0 aromatic heterocycles. The number of nitrogens with two attached hydrogens (primary N) is 1. The summed E-state index contributed by atoms with van der Waals surface area (Å²) in [6, 6.07) is 8.13. The molecule has 1 aromatic carbocycles. The third-order valence-electron chi connectivity index (χ3n) is 2.68. The van der Waals surface area contributed by atoms with E-state index in [0.29, 0.717) is 5.92 Å². The van der Waals surface area contributed by atoms with Gasteiger partial charge >= 0.3 is 0 Å². The van der Waals surface area contributed by atoms with Gasteiger partial charge in [0.15, 0.2) is 0 Å². The predicted octanol–water partition coefficient (Wildman–Crippen LogP) is 1.59. The number of hydrogen-bond acceptors (Lipinski definition) is 2. The zero-order chi connectivity index (χ0) is 9.26. The zero-order valence-electron chi connectivity index (χ0n) is 7.61. The lowest BCUT2D eigenvalue weighted by Gasteiger charge is -2.10. The highest BCUT2D eigenvalue weighted by atomic mass is 16.3. The minimum atomic E-state index is 0.110. The van der Waals surface area contributed by atoms with Gasteiger partial charge in [0.05, 0.1) is 6.61 Å². The fourth-order valence-electron chi connectivity index (χ4n) is 1.57. The van der Waals surface area contributed by atoms with Crippen LogP contribution in [0.2, 0.25) is 0 Å². The second-order valence-electron chi connectivity index (χ2n) is 3.76. The lowest BCUT2D eigenvalue weighted by molar-refractivity contribution is 0.282. The first-order valence-corrected chi connectivity index (χ1v) is 4.76. The molecule has 1 atom stereocenters. The van der Waals surface area contributed by atoms with E-state index in [0.717, 1.165) is 5.56 Å². The van der Waals surface area contributed by atoms with Crippen molar-refractivity contribution in [3.8, 4) is 0 Å². The molecular weight excluding hydrogens is 162 g/mol. The van der Waals surface area contributed by atoms with E-state index in [9.17, 15) is 0 Å². The fourth-order valence-corrected chi connectivity index (χ4v) is 1.57. The topological polar surface area (TPSA) is 46.2 Å². The molecular formula is C11H15NO. The minimum Gasteiger partial charge on any atom is -0.392 e. The molecule has 0 aliphatic heterocycles. The highest BCUT2D eigenvalue weighted by molar-refractivity contribution is 5.25. The molecule has 1 saturated carbocycles. The van der Waals surface area contributed by atoms with Crippen LogP contribution in [0, 0.1) is 5.92 Å². The molecule has 0 bridgehead atoms. The van der Waals surface area contributed by atoms with Gasteiger partial charge in [0.2, 0.25) is 0 Å². The Kier molecular flexibility index (Phi) is 2.34. The Labute approximate surface area is 78.4 Å². The molecule has 1 aromatic rings. The number of hydrogen-bond donors (Lipinski definition) is 2. The summed E-state index contributed by atoms with van der Waals surface area (Å²) in [4.78, 5) is 0. The Morgan fingerprint density at radius 2 is 1.92 bits per heavy atom. The Morgan fingerprint density at radius 1 is 1.31 bits per heavy atom. The molecule has 2 heteroatoms. The van der Waals surface area contributed by atoms with Crippen molar-refractivity contribution >= 4 is 0 Å². The van der Waals surface area contributed by atoms with Crippen LogP contribution < -0.4 is 5.73 Å². The third kappa shape index (κ3) is 1.90. The summed E-state index contributed by atoms with van der Waals surface area (Å²) in [7, 11) is 0. The summed E-state index contributed by atoms with van der Waals surface area (Å²) in [6.07, 6.45) is 2.53. The van der Waals surface area contributed by atoms with E-state index in [2.05, 4.69) is 0 Å². The van der Waals surface area contributed by atoms with E-state index < -0.39 is 0 Å². The number of rotatable bonds is 3. The molecule has 3 N–H and O–H groups in total. The van der Waals surface area contributed by atoms with Gasteiger partial charge in [-0.25, -0.2) is 0 Å². The van der Waals surface area contributed by atoms with E-state index >= 15 is 0 Å². The van der Waals surface area contributed by atoms with E-state index in [1.165, 1.54) is 18.4 Å². The summed E-state index contributed by atoms with van der Waals surface area (Å²) in [6.45, 7) is 0.110. The molecule has 0 heterocycles. The summed E-state index contributed by atoms with van der Waals surface area (Å²) >= 11 is 0. The molecule has 0 saturated heterocycles. The van der Waals surface area contributed by atoms with Crippen molar-refractivity contribution in [1.29, 1.82) is 0 Å². The monoisotopic (exact) mass is 177 g/mol.